The maximum absolute atomic E-state index is 13.4. The number of thiazole rings is 1. The number of hydrogen-bond acceptors (Lipinski definition) is 7. The second-order valence-electron chi connectivity index (χ2n) is 7.40. The minimum Gasteiger partial charge on any atom is -0.480 e. The van der Waals surface area contributed by atoms with Crippen LogP contribution in [0, 0.1) is 5.82 Å². The number of nitrogens with zero attached hydrogens (tertiary/aromatic N) is 3. The van der Waals surface area contributed by atoms with E-state index in [1.54, 1.807) is 6.07 Å². The van der Waals surface area contributed by atoms with Crippen LogP contribution in [0.15, 0.2) is 53.1 Å². The number of carbonyl (C=O) groups is 2. The molecular formula is C22H17FN4O4S. The topological polar surface area (TPSA) is 109 Å². The third kappa shape index (κ3) is 3.80. The van der Waals surface area contributed by atoms with E-state index in [2.05, 4.69) is 15.5 Å². The minimum atomic E-state index is -1.02. The molecule has 4 aromatic rings. The zero-order valence-electron chi connectivity index (χ0n) is 16.6. The molecule has 1 aliphatic heterocycles. The summed E-state index contributed by atoms with van der Waals surface area (Å²) in [5.74, 6) is -1.78. The summed E-state index contributed by atoms with van der Waals surface area (Å²) in [5, 5.41) is 17.1. The van der Waals surface area contributed by atoms with Gasteiger partial charge >= 0.3 is 5.97 Å². The number of rotatable bonds is 5. The zero-order valence-corrected chi connectivity index (χ0v) is 17.4. The van der Waals surface area contributed by atoms with E-state index in [9.17, 15) is 19.1 Å². The molecule has 10 heteroatoms. The number of carboxylic acids is 1. The Kier molecular flexibility index (Phi) is 5.06. The molecule has 0 aliphatic carbocycles. The molecule has 2 aromatic heterocycles. The summed E-state index contributed by atoms with van der Waals surface area (Å²) in [6.07, 6.45) is 1.07. The van der Waals surface area contributed by atoms with Crippen molar-refractivity contribution >= 4 is 44.2 Å². The summed E-state index contributed by atoms with van der Waals surface area (Å²) in [6.45, 7) is 0.380. The third-order valence-corrected chi connectivity index (χ3v) is 6.24. The first-order chi connectivity index (χ1) is 15.5. The van der Waals surface area contributed by atoms with Gasteiger partial charge in [-0.15, -0.1) is 0 Å². The molecule has 0 spiro atoms. The monoisotopic (exact) mass is 452 g/mol. The lowest BCUT2D eigenvalue weighted by molar-refractivity contribution is -0.141. The molecule has 3 heterocycles. The van der Waals surface area contributed by atoms with Crippen LogP contribution in [0.2, 0.25) is 0 Å². The van der Waals surface area contributed by atoms with Gasteiger partial charge in [0.05, 0.1) is 10.2 Å². The number of anilines is 2. The standard InChI is InChI=1S/C22H17FN4O4S/c23-13-5-8-15-19(10-13)32-22(25-15)24-14-6-3-12(4-7-14)16-11-18(31-26-16)20(28)27-9-1-2-17(27)21(29)30/h3-8,10-11,17H,1-2,9H2,(H,24,25)(H,29,30)/t17-/m0/s1. The van der Waals surface area contributed by atoms with Gasteiger partial charge in [0.15, 0.2) is 5.13 Å². The summed E-state index contributed by atoms with van der Waals surface area (Å²) in [4.78, 5) is 29.7. The number of halogens is 1. The Morgan fingerprint density at radius 2 is 2.00 bits per heavy atom. The quantitative estimate of drug-likeness (QED) is 0.458. The number of likely N-dealkylation sites (tertiary alicyclic amines) is 1. The summed E-state index contributed by atoms with van der Waals surface area (Å²) in [6, 6.07) is 12.5. The maximum Gasteiger partial charge on any atom is 0.326 e. The van der Waals surface area contributed by atoms with Gasteiger partial charge in [-0.3, -0.25) is 4.79 Å². The van der Waals surface area contributed by atoms with Crippen LogP contribution in [0.3, 0.4) is 0 Å². The lowest BCUT2D eigenvalue weighted by Gasteiger charge is -2.19. The van der Waals surface area contributed by atoms with Crippen LogP contribution < -0.4 is 5.32 Å². The molecule has 2 aromatic carbocycles. The van der Waals surface area contributed by atoms with Crippen LogP contribution in [0.1, 0.15) is 23.4 Å². The fourth-order valence-corrected chi connectivity index (χ4v) is 4.63. The van der Waals surface area contributed by atoms with E-state index in [0.717, 1.165) is 21.5 Å². The molecule has 2 N–H and O–H groups in total. The summed E-state index contributed by atoms with van der Waals surface area (Å²) in [5.41, 5.74) is 2.72. The SMILES string of the molecule is O=C(O)[C@@H]1CCCN1C(=O)c1cc(-c2ccc(Nc3nc4ccc(F)cc4s3)cc2)no1. The molecule has 1 aliphatic rings. The fraction of sp³-hybridized carbons (Fsp3) is 0.182. The number of aromatic nitrogens is 2. The van der Waals surface area contributed by atoms with E-state index in [1.165, 1.54) is 34.4 Å². The van der Waals surface area contributed by atoms with Crippen molar-refractivity contribution < 1.29 is 23.6 Å². The van der Waals surface area contributed by atoms with Crippen molar-refractivity contribution in [3.05, 3.63) is 60.1 Å². The number of nitrogens with one attached hydrogen (secondary N) is 1. The first kappa shape index (κ1) is 20.1. The van der Waals surface area contributed by atoms with Crippen molar-refractivity contribution in [1.29, 1.82) is 0 Å². The number of carbonyl (C=O) groups excluding carboxylic acids is 1. The van der Waals surface area contributed by atoms with Crippen LogP contribution in [0.5, 0.6) is 0 Å². The van der Waals surface area contributed by atoms with Gasteiger partial charge in [-0.1, -0.05) is 28.6 Å². The molecule has 0 saturated carbocycles. The molecular weight excluding hydrogens is 435 g/mol. The number of aliphatic carboxylic acids is 1. The second-order valence-corrected chi connectivity index (χ2v) is 8.44. The average molecular weight is 452 g/mol. The van der Waals surface area contributed by atoms with E-state index in [0.29, 0.717) is 30.2 Å². The predicted octanol–water partition coefficient (Wildman–Crippen LogP) is 4.52. The number of amides is 1. The highest BCUT2D eigenvalue weighted by Gasteiger charge is 2.36. The Labute approximate surface area is 185 Å². The van der Waals surface area contributed by atoms with Crippen LogP contribution in [0.25, 0.3) is 21.5 Å². The molecule has 1 amide bonds. The fourth-order valence-electron chi connectivity index (χ4n) is 3.72. The highest BCUT2D eigenvalue weighted by Crippen LogP contribution is 2.30. The van der Waals surface area contributed by atoms with E-state index >= 15 is 0 Å². The van der Waals surface area contributed by atoms with Crippen LogP contribution >= 0.6 is 11.3 Å². The Morgan fingerprint density at radius 1 is 1.19 bits per heavy atom. The zero-order chi connectivity index (χ0) is 22.2. The van der Waals surface area contributed by atoms with Gasteiger partial charge in [-0.2, -0.15) is 0 Å². The van der Waals surface area contributed by atoms with Crippen molar-refractivity contribution in [2.45, 2.75) is 18.9 Å². The Bertz CT molecular complexity index is 1320. The maximum atomic E-state index is 13.4. The lowest BCUT2D eigenvalue weighted by Crippen LogP contribution is -2.40. The molecule has 0 radical (unpaired) electrons. The van der Waals surface area contributed by atoms with Gasteiger partial charge in [0.25, 0.3) is 5.91 Å². The van der Waals surface area contributed by atoms with Gasteiger partial charge in [0.2, 0.25) is 5.76 Å². The highest BCUT2D eigenvalue weighted by molar-refractivity contribution is 7.22. The number of benzene rings is 2. The average Bonchev–Trinajstić information content (AvgIpc) is 3.52. The van der Waals surface area contributed by atoms with Gasteiger partial charge in [-0.25, -0.2) is 14.2 Å². The van der Waals surface area contributed by atoms with Crippen molar-refractivity contribution in [1.82, 2.24) is 15.0 Å². The van der Waals surface area contributed by atoms with Gasteiger partial charge in [-0.05, 0) is 43.2 Å². The van der Waals surface area contributed by atoms with Crippen molar-refractivity contribution in [3.63, 3.8) is 0 Å². The normalized spacial score (nSPS) is 15.9. The van der Waals surface area contributed by atoms with Crippen LogP contribution in [-0.4, -0.2) is 44.6 Å². The predicted molar refractivity (Wildman–Crippen MR) is 116 cm³/mol. The first-order valence-corrected chi connectivity index (χ1v) is 10.7. The van der Waals surface area contributed by atoms with Crippen molar-refractivity contribution in [3.8, 4) is 11.3 Å². The minimum absolute atomic E-state index is 0.0112. The Balaban J connectivity index is 1.30. The third-order valence-electron chi connectivity index (χ3n) is 5.30. The number of hydrogen-bond donors (Lipinski definition) is 2. The highest BCUT2D eigenvalue weighted by atomic mass is 32.1. The molecule has 1 atom stereocenters. The molecule has 8 nitrogen and oxygen atoms in total. The Morgan fingerprint density at radius 3 is 2.78 bits per heavy atom. The largest absolute Gasteiger partial charge is 0.480 e. The molecule has 0 bridgehead atoms. The molecule has 1 saturated heterocycles. The smallest absolute Gasteiger partial charge is 0.326 e. The number of fused-ring (bicyclic) bond motifs is 1. The lowest BCUT2D eigenvalue weighted by atomic mass is 10.1. The summed E-state index contributed by atoms with van der Waals surface area (Å²) >= 11 is 1.35. The molecule has 162 valence electrons. The van der Waals surface area contributed by atoms with E-state index in [4.69, 9.17) is 4.52 Å². The van der Waals surface area contributed by atoms with Crippen LogP contribution in [0.4, 0.5) is 15.2 Å². The molecule has 32 heavy (non-hydrogen) atoms. The molecule has 5 rings (SSSR count). The molecule has 1 fully saturated rings. The van der Waals surface area contributed by atoms with Gasteiger partial charge < -0.3 is 19.8 Å². The van der Waals surface area contributed by atoms with Crippen LogP contribution in [-0.2, 0) is 4.79 Å². The van der Waals surface area contributed by atoms with Crippen molar-refractivity contribution in [2.75, 3.05) is 11.9 Å². The molecule has 0 unspecified atom stereocenters. The first-order valence-electron chi connectivity index (χ1n) is 9.92. The summed E-state index contributed by atoms with van der Waals surface area (Å²) in [7, 11) is 0. The van der Waals surface area contributed by atoms with E-state index in [-0.39, 0.29) is 11.6 Å². The van der Waals surface area contributed by atoms with Crippen molar-refractivity contribution in [2.24, 2.45) is 0 Å². The van der Waals surface area contributed by atoms with Gasteiger partial charge in [0.1, 0.15) is 17.6 Å². The van der Waals surface area contributed by atoms with E-state index < -0.39 is 17.9 Å². The van der Waals surface area contributed by atoms with Gasteiger partial charge in [0, 0.05) is 23.9 Å². The second kappa shape index (κ2) is 8.04. The van der Waals surface area contributed by atoms with E-state index in [1.807, 2.05) is 24.3 Å². The summed E-state index contributed by atoms with van der Waals surface area (Å²) < 4.78 is 19.3. The number of carboxylic acid groups (broad SMARTS) is 1. The Hall–Kier alpha value is -3.79.